The van der Waals surface area contributed by atoms with Crippen molar-refractivity contribution in [3.8, 4) is 0 Å². The standard InChI is InChI=1S/C15H20Cl/c1-11-6-5-9-15(2,3)14(11)12-7-4-8-13(16)10-12/h4,7-8,10-11H,5-6,9H2,1-3H3/t11-/m0/s1. The van der Waals surface area contributed by atoms with Crippen LogP contribution in [0.25, 0.3) is 0 Å². The van der Waals surface area contributed by atoms with Gasteiger partial charge in [0.15, 0.2) is 0 Å². The predicted octanol–water partition coefficient (Wildman–Crippen LogP) is 5.11. The summed E-state index contributed by atoms with van der Waals surface area (Å²) in [7, 11) is 0. The lowest BCUT2D eigenvalue weighted by molar-refractivity contribution is 0.243. The van der Waals surface area contributed by atoms with Crippen LogP contribution in [-0.4, -0.2) is 0 Å². The SMILES string of the molecule is C[C@H]1CCCC(C)(C)[C]1c1cccc(Cl)c1. The molecule has 0 saturated heterocycles. The van der Waals surface area contributed by atoms with Crippen LogP contribution in [0, 0.1) is 17.3 Å². The third kappa shape index (κ3) is 2.27. The molecule has 0 heterocycles. The molecule has 0 unspecified atom stereocenters. The van der Waals surface area contributed by atoms with Crippen LogP contribution < -0.4 is 0 Å². The molecule has 16 heavy (non-hydrogen) atoms. The van der Waals surface area contributed by atoms with E-state index in [2.05, 4.69) is 39.0 Å². The molecule has 0 aliphatic heterocycles. The van der Waals surface area contributed by atoms with E-state index in [1.54, 1.807) is 5.92 Å². The predicted molar refractivity (Wildman–Crippen MR) is 70.6 cm³/mol. The number of hydrogen-bond donors (Lipinski definition) is 0. The lowest BCUT2D eigenvalue weighted by Gasteiger charge is -2.42. The van der Waals surface area contributed by atoms with Gasteiger partial charge in [-0.05, 0) is 41.9 Å². The summed E-state index contributed by atoms with van der Waals surface area (Å²) < 4.78 is 0. The van der Waals surface area contributed by atoms with Crippen molar-refractivity contribution in [2.45, 2.75) is 40.0 Å². The molecule has 0 N–H and O–H groups in total. The van der Waals surface area contributed by atoms with Gasteiger partial charge in [-0.2, -0.15) is 0 Å². The summed E-state index contributed by atoms with van der Waals surface area (Å²) in [5, 5.41) is 0.846. The van der Waals surface area contributed by atoms with E-state index in [9.17, 15) is 0 Å². The molecule has 1 radical (unpaired) electrons. The zero-order chi connectivity index (χ0) is 11.8. The first-order valence-electron chi connectivity index (χ1n) is 6.14. The van der Waals surface area contributed by atoms with E-state index >= 15 is 0 Å². The van der Waals surface area contributed by atoms with E-state index in [4.69, 9.17) is 11.6 Å². The maximum atomic E-state index is 6.09. The Morgan fingerprint density at radius 3 is 2.69 bits per heavy atom. The summed E-state index contributed by atoms with van der Waals surface area (Å²) >= 11 is 6.09. The Labute approximate surface area is 104 Å². The molecule has 1 aliphatic carbocycles. The second-order valence-corrected chi connectivity index (χ2v) is 6.04. The van der Waals surface area contributed by atoms with Gasteiger partial charge in [0, 0.05) is 10.9 Å². The summed E-state index contributed by atoms with van der Waals surface area (Å²) in [4.78, 5) is 0. The molecule has 0 aromatic heterocycles. The Balaban J connectivity index is 2.36. The van der Waals surface area contributed by atoms with E-state index in [1.165, 1.54) is 24.8 Å². The van der Waals surface area contributed by atoms with Crippen LogP contribution in [0.15, 0.2) is 24.3 Å². The van der Waals surface area contributed by atoms with Gasteiger partial charge in [-0.3, -0.25) is 0 Å². The van der Waals surface area contributed by atoms with Crippen molar-refractivity contribution in [2.75, 3.05) is 0 Å². The zero-order valence-corrected chi connectivity index (χ0v) is 11.1. The Morgan fingerprint density at radius 2 is 2.06 bits per heavy atom. The quantitative estimate of drug-likeness (QED) is 0.635. The smallest absolute Gasteiger partial charge is 0.0408 e. The van der Waals surface area contributed by atoms with Crippen LogP contribution in [-0.2, 0) is 0 Å². The Kier molecular flexibility index (Phi) is 3.30. The minimum Gasteiger partial charge on any atom is -0.0843 e. The molecule has 1 aromatic carbocycles. The minimum atomic E-state index is 0.322. The Hall–Kier alpha value is -0.490. The second-order valence-electron chi connectivity index (χ2n) is 5.60. The molecular weight excluding hydrogens is 216 g/mol. The summed E-state index contributed by atoms with van der Waals surface area (Å²) in [6.45, 7) is 7.06. The fourth-order valence-corrected chi connectivity index (χ4v) is 3.32. The molecule has 1 heteroatoms. The van der Waals surface area contributed by atoms with E-state index in [1.807, 2.05) is 6.07 Å². The van der Waals surface area contributed by atoms with Gasteiger partial charge in [-0.15, -0.1) is 0 Å². The molecule has 1 aromatic rings. The minimum absolute atomic E-state index is 0.322. The highest BCUT2D eigenvalue weighted by molar-refractivity contribution is 6.30. The van der Waals surface area contributed by atoms with Crippen LogP contribution in [0.5, 0.6) is 0 Å². The topological polar surface area (TPSA) is 0 Å². The van der Waals surface area contributed by atoms with Crippen LogP contribution >= 0.6 is 11.6 Å². The summed E-state index contributed by atoms with van der Waals surface area (Å²) in [6, 6.07) is 8.32. The first kappa shape index (κ1) is 12.0. The number of hydrogen-bond acceptors (Lipinski definition) is 0. The van der Waals surface area contributed by atoms with E-state index in [-0.39, 0.29) is 0 Å². The first-order valence-corrected chi connectivity index (χ1v) is 6.52. The lowest BCUT2D eigenvalue weighted by atomic mass is 9.62. The van der Waals surface area contributed by atoms with Crippen molar-refractivity contribution in [1.82, 2.24) is 0 Å². The first-order chi connectivity index (χ1) is 7.50. The average molecular weight is 236 g/mol. The Morgan fingerprint density at radius 1 is 1.31 bits per heavy atom. The molecule has 1 atom stereocenters. The van der Waals surface area contributed by atoms with Gasteiger partial charge < -0.3 is 0 Å². The molecule has 1 saturated carbocycles. The molecule has 0 bridgehead atoms. The zero-order valence-electron chi connectivity index (χ0n) is 10.4. The van der Waals surface area contributed by atoms with Gasteiger partial charge >= 0.3 is 0 Å². The molecule has 1 aliphatic rings. The highest BCUT2D eigenvalue weighted by Gasteiger charge is 2.38. The van der Waals surface area contributed by atoms with Gasteiger partial charge in [0.05, 0.1) is 0 Å². The number of rotatable bonds is 1. The summed E-state index contributed by atoms with van der Waals surface area (Å²) in [5.74, 6) is 2.27. The van der Waals surface area contributed by atoms with Gasteiger partial charge in [-0.1, -0.05) is 50.9 Å². The van der Waals surface area contributed by atoms with Crippen molar-refractivity contribution in [3.63, 3.8) is 0 Å². The maximum absolute atomic E-state index is 6.09. The van der Waals surface area contributed by atoms with Crippen LogP contribution in [0.3, 0.4) is 0 Å². The molecule has 0 amide bonds. The van der Waals surface area contributed by atoms with Gasteiger partial charge in [0.2, 0.25) is 0 Å². The van der Waals surface area contributed by atoms with Gasteiger partial charge in [0.1, 0.15) is 0 Å². The third-order valence-electron chi connectivity index (χ3n) is 3.80. The Bertz CT molecular complexity index is 367. The summed E-state index contributed by atoms with van der Waals surface area (Å²) in [6.07, 6.45) is 3.95. The van der Waals surface area contributed by atoms with Crippen molar-refractivity contribution in [1.29, 1.82) is 0 Å². The average Bonchev–Trinajstić information content (AvgIpc) is 2.15. The largest absolute Gasteiger partial charge is 0.0843 e. The third-order valence-corrected chi connectivity index (χ3v) is 4.03. The van der Waals surface area contributed by atoms with Crippen LogP contribution in [0.1, 0.15) is 45.6 Å². The fraction of sp³-hybridized carbons (Fsp3) is 0.533. The molecular formula is C15H20Cl. The van der Waals surface area contributed by atoms with Crippen molar-refractivity contribution >= 4 is 11.6 Å². The van der Waals surface area contributed by atoms with Crippen molar-refractivity contribution in [2.24, 2.45) is 11.3 Å². The van der Waals surface area contributed by atoms with Gasteiger partial charge in [0.25, 0.3) is 0 Å². The highest BCUT2D eigenvalue weighted by Crippen LogP contribution is 2.49. The summed E-state index contributed by atoms with van der Waals surface area (Å²) in [5.41, 5.74) is 1.66. The van der Waals surface area contributed by atoms with Crippen LogP contribution in [0.2, 0.25) is 5.02 Å². The normalized spacial score (nSPS) is 25.6. The highest BCUT2D eigenvalue weighted by atomic mass is 35.5. The maximum Gasteiger partial charge on any atom is 0.0408 e. The molecule has 87 valence electrons. The van der Waals surface area contributed by atoms with Gasteiger partial charge in [-0.25, -0.2) is 0 Å². The second kappa shape index (κ2) is 4.41. The molecule has 1 fully saturated rings. The number of benzene rings is 1. The van der Waals surface area contributed by atoms with E-state index < -0.39 is 0 Å². The van der Waals surface area contributed by atoms with E-state index in [0.29, 0.717) is 11.3 Å². The fourth-order valence-electron chi connectivity index (χ4n) is 3.13. The monoisotopic (exact) mass is 235 g/mol. The van der Waals surface area contributed by atoms with E-state index in [0.717, 1.165) is 5.02 Å². The van der Waals surface area contributed by atoms with Crippen LogP contribution in [0.4, 0.5) is 0 Å². The number of halogens is 1. The lowest BCUT2D eigenvalue weighted by Crippen LogP contribution is -2.32. The van der Waals surface area contributed by atoms with Crippen molar-refractivity contribution in [3.05, 3.63) is 40.8 Å². The molecule has 0 spiro atoms. The van der Waals surface area contributed by atoms with Crippen molar-refractivity contribution < 1.29 is 0 Å². The molecule has 0 nitrogen and oxygen atoms in total. The molecule has 2 rings (SSSR count).